The lowest BCUT2D eigenvalue weighted by molar-refractivity contribution is 0.0688. The van der Waals surface area contributed by atoms with Crippen LogP contribution in [0.5, 0.6) is 0 Å². The van der Waals surface area contributed by atoms with Crippen LogP contribution in [-0.4, -0.2) is 16.3 Å². The lowest BCUT2D eigenvalue weighted by Gasteiger charge is -2.10. The highest BCUT2D eigenvalue weighted by Crippen LogP contribution is 2.29. The Morgan fingerprint density at radius 3 is 2.80 bits per heavy atom. The summed E-state index contributed by atoms with van der Waals surface area (Å²) in [6, 6.07) is 4.35. The highest BCUT2D eigenvalue weighted by Gasteiger charge is 2.17. The van der Waals surface area contributed by atoms with Gasteiger partial charge in [-0.15, -0.1) is 11.8 Å². The molecule has 0 aromatic heterocycles. The van der Waals surface area contributed by atoms with Gasteiger partial charge in [0.05, 0.1) is 0 Å². The fraction of sp³-hybridized carbons (Fsp3) is 0.364. The Morgan fingerprint density at radius 1 is 1.60 bits per heavy atom. The fourth-order valence-corrected chi connectivity index (χ4v) is 2.17. The van der Waals surface area contributed by atoms with Gasteiger partial charge < -0.3 is 5.11 Å². The fourth-order valence-electron chi connectivity index (χ4n) is 1.11. The SMILES string of the molecule is CCC(C)Sc1cccc(F)c1C(=O)O. The number of benzene rings is 1. The summed E-state index contributed by atoms with van der Waals surface area (Å²) in [7, 11) is 0. The first-order valence-electron chi connectivity index (χ1n) is 4.74. The third kappa shape index (κ3) is 2.96. The molecule has 0 bridgehead atoms. The van der Waals surface area contributed by atoms with Crippen LogP contribution < -0.4 is 0 Å². The van der Waals surface area contributed by atoms with E-state index in [0.717, 1.165) is 6.42 Å². The van der Waals surface area contributed by atoms with Crippen LogP contribution in [0.25, 0.3) is 0 Å². The molecule has 1 unspecified atom stereocenters. The van der Waals surface area contributed by atoms with Gasteiger partial charge in [0, 0.05) is 10.1 Å². The number of halogens is 1. The van der Waals surface area contributed by atoms with Crippen molar-refractivity contribution < 1.29 is 14.3 Å². The molecular formula is C11H13FO2S. The van der Waals surface area contributed by atoms with Crippen LogP contribution >= 0.6 is 11.8 Å². The number of thioether (sulfide) groups is 1. The van der Waals surface area contributed by atoms with Crippen molar-refractivity contribution in [3.05, 3.63) is 29.6 Å². The number of aromatic carboxylic acids is 1. The average molecular weight is 228 g/mol. The van der Waals surface area contributed by atoms with Crippen molar-refractivity contribution >= 4 is 17.7 Å². The third-order valence-electron chi connectivity index (χ3n) is 2.09. The van der Waals surface area contributed by atoms with Crippen molar-refractivity contribution in [1.82, 2.24) is 0 Å². The molecule has 15 heavy (non-hydrogen) atoms. The maximum atomic E-state index is 13.3. The van der Waals surface area contributed by atoms with E-state index in [0.29, 0.717) is 4.90 Å². The smallest absolute Gasteiger partial charge is 0.339 e. The molecule has 0 heterocycles. The maximum Gasteiger partial charge on any atom is 0.339 e. The highest BCUT2D eigenvalue weighted by molar-refractivity contribution is 8.00. The highest BCUT2D eigenvalue weighted by atomic mass is 32.2. The molecule has 0 aliphatic rings. The van der Waals surface area contributed by atoms with Crippen molar-refractivity contribution in [2.24, 2.45) is 0 Å². The van der Waals surface area contributed by atoms with E-state index in [-0.39, 0.29) is 10.8 Å². The van der Waals surface area contributed by atoms with Gasteiger partial charge in [-0.3, -0.25) is 0 Å². The quantitative estimate of drug-likeness (QED) is 0.802. The molecule has 0 fully saturated rings. The minimum absolute atomic E-state index is 0.220. The second kappa shape index (κ2) is 5.16. The van der Waals surface area contributed by atoms with Gasteiger partial charge in [-0.1, -0.05) is 19.9 Å². The molecule has 0 amide bonds. The minimum Gasteiger partial charge on any atom is -0.478 e. The molecular weight excluding hydrogens is 215 g/mol. The maximum absolute atomic E-state index is 13.3. The molecule has 1 aromatic carbocycles. The lowest BCUT2D eigenvalue weighted by atomic mass is 10.2. The Bertz CT molecular complexity index is 366. The summed E-state index contributed by atoms with van der Waals surface area (Å²) in [6.07, 6.45) is 0.917. The van der Waals surface area contributed by atoms with E-state index in [2.05, 4.69) is 0 Å². The van der Waals surface area contributed by atoms with E-state index in [1.807, 2.05) is 13.8 Å². The van der Waals surface area contributed by atoms with Crippen LogP contribution in [0.15, 0.2) is 23.1 Å². The first kappa shape index (κ1) is 12.0. The molecule has 4 heteroatoms. The Morgan fingerprint density at radius 2 is 2.27 bits per heavy atom. The molecule has 1 N–H and O–H groups in total. The van der Waals surface area contributed by atoms with Crippen molar-refractivity contribution in [3.8, 4) is 0 Å². The van der Waals surface area contributed by atoms with E-state index in [4.69, 9.17) is 5.11 Å². The van der Waals surface area contributed by atoms with Gasteiger partial charge in [-0.25, -0.2) is 9.18 Å². The second-order valence-corrected chi connectivity index (χ2v) is 4.74. The molecule has 1 rings (SSSR count). The van der Waals surface area contributed by atoms with Crippen LogP contribution in [0.3, 0.4) is 0 Å². The number of carboxylic acids is 1. The van der Waals surface area contributed by atoms with Crippen LogP contribution in [0.1, 0.15) is 30.6 Å². The molecule has 2 nitrogen and oxygen atoms in total. The largest absolute Gasteiger partial charge is 0.478 e. The van der Waals surface area contributed by atoms with E-state index in [1.165, 1.54) is 23.9 Å². The van der Waals surface area contributed by atoms with Gasteiger partial charge in [-0.05, 0) is 18.6 Å². The van der Waals surface area contributed by atoms with Crippen molar-refractivity contribution in [3.63, 3.8) is 0 Å². The summed E-state index contributed by atoms with van der Waals surface area (Å²) >= 11 is 1.39. The molecule has 0 saturated carbocycles. The average Bonchev–Trinajstić information content (AvgIpc) is 2.17. The van der Waals surface area contributed by atoms with E-state index in [9.17, 15) is 9.18 Å². The van der Waals surface area contributed by atoms with Crippen LogP contribution in [0.2, 0.25) is 0 Å². The number of hydrogen-bond acceptors (Lipinski definition) is 2. The first-order chi connectivity index (χ1) is 7.06. The van der Waals surface area contributed by atoms with Gasteiger partial charge in [0.15, 0.2) is 0 Å². The first-order valence-corrected chi connectivity index (χ1v) is 5.62. The summed E-state index contributed by atoms with van der Waals surface area (Å²) < 4.78 is 13.3. The molecule has 1 atom stereocenters. The summed E-state index contributed by atoms with van der Waals surface area (Å²) in [5, 5.41) is 9.16. The summed E-state index contributed by atoms with van der Waals surface area (Å²) in [5.74, 6) is -1.88. The number of carboxylic acid groups (broad SMARTS) is 1. The van der Waals surface area contributed by atoms with Crippen molar-refractivity contribution in [2.75, 3.05) is 0 Å². The molecule has 0 spiro atoms. The van der Waals surface area contributed by atoms with Gasteiger partial charge in [0.25, 0.3) is 0 Å². The Hall–Kier alpha value is -1.03. The van der Waals surface area contributed by atoms with E-state index < -0.39 is 11.8 Å². The predicted octanol–water partition coefficient (Wildman–Crippen LogP) is 3.41. The van der Waals surface area contributed by atoms with E-state index >= 15 is 0 Å². The summed E-state index contributed by atoms with van der Waals surface area (Å²) in [4.78, 5) is 11.4. The van der Waals surface area contributed by atoms with Gasteiger partial charge in [0.1, 0.15) is 11.4 Å². The monoisotopic (exact) mass is 228 g/mol. The zero-order valence-electron chi connectivity index (χ0n) is 8.66. The lowest BCUT2D eigenvalue weighted by Crippen LogP contribution is -2.04. The van der Waals surface area contributed by atoms with Gasteiger partial charge in [-0.2, -0.15) is 0 Å². The van der Waals surface area contributed by atoms with Gasteiger partial charge >= 0.3 is 5.97 Å². The number of carbonyl (C=O) groups is 1. The normalized spacial score (nSPS) is 12.5. The molecule has 82 valence electrons. The topological polar surface area (TPSA) is 37.3 Å². The Labute approximate surface area is 92.5 Å². The standard InChI is InChI=1S/C11H13FO2S/c1-3-7(2)15-9-6-4-5-8(12)10(9)11(13)14/h4-7H,3H2,1-2H3,(H,13,14). The molecule has 0 aliphatic heterocycles. The summed E-state index contributed by atoms with van der Waals surface area (Å²) in [6.45, 7) is 4.00. The van der Waals surface area contributed by atoms with E-state index in [1.54, 1.807) is 6.07 Å². The predicted molar refractivity (Wildman–Crippen MR) is 59.0 cm³/mol. The van der Waals surface area contributed by atoms with Gasteiger partial charge in [0.2, 0.25) is 0 Å². The molecule has 1 aromatic rings. The van der Waals surface area contributed by atoms with Crippen molar-refractivity contribution in [2.45, 2.75) is 30.4 Å². The number of rotatable bonds is 4. The number of hydrogen-bond donors (Lipinski definition) is 1. The van der Waals surface area contributed by atoms with Crippen LogP contribution in [0.4, 0.5) is 4.39 Å². The molecule has 0 saturated heterocycles. The van der Waals surface area contributed by atoms with Crippen LogP contribution in [0, 0.1) is 5.82 Å². The van der Waals surface area contributed by atoms with Crippen molar-refractivity contribution in [1.29, 1.82) is 0 Å². The Kier molecular flexibility index (Phi) is 4.15. The summed E-state index contributed by atoms with van der Waals surface area (Å²) in [5.41, 5.74) is -0.220. The Balaban J connectivity index is 3.06. The second-order valence-electron chi connectivity index (χ2n) is 3.25. The molecule has 0 aliphatic carbocycles. The van der Waals surface area contributed by atoms with Crippen LogP contribution in [-0.2, 0) is 0 Å². The molecule has 0 radical (unpaired) electrons. The zero-order valence-corrected chi connectivity index (χ0v) is 9.47. The minimum atomic E-state index is -1.21. The third-order valence-corrected chi connectivity index (χ3v) is 3.42. The zero-order chi connectivity index (χ0) is 11.4.